The van der Waals surface area contributed by atoms with E-state index < -0.39 is 10.0 Å². The number of hydrogen-bond acceptors (Lipinski definition) is 5. The van der Waals surface area contributed by atoms with Gasteiger partial charge < -0.3 is 10.1 Å². The highest BCUT2D eigenvalue weighted by Gasteiger charge is 2.05. The lowest BCUT2D eigenvalue weighted by molar-refractivity contribution is 0.415. The smallest absolute Gasteiger partial charge is 0.209 e. The van der Waals surface area contributed by atoms with Gasteiger partial charge in [0, 0.05) is 18.1 Å². The van der Waals surface area contributed by atoms with Crippen molar-refractivity contribution < 1.29 is 13.2 Å². The normalized spacial score (nSPS) is 11.5. The molecular weight excluding hydrogens is 278 g/mol. The molecule has 0 unspecified atom stereocenters. The molecule has 1 heterocycles. The number of methoxy groups -OCH3 is 1. The van der Waals surface area contributed by atoms with Crippen LogP contribution in [0.4, 0.5) is 5.82 Å². The van der Waals surface area contributed by atoms with E-state index in [9.17, 15) is 8.42 Å². The van der Waals surface area contributed by atoms with Gasteiger partial charge in [-0.25, -0.2) is 18.5 Å². The number of pyridine rings is 1. The van der Waals surface area contributed by atoms with Gasteiger partial charge in [0.05, 0.1) is 12.9 Å². The Balaban J connectivity index is 2.10. The van der Waals surface area contributed by atoms with Crippen LogP contribution >= 0.6 is 0 Å². The fourth-order valence-electron chi connectivity index (χ4n) is 1.90. The van der Waals surface area contributed by atoms with E-state index in [0.717, 1.165) is 22.3 Å². The number of sulfonamides is 1. The van der Waals surface area contributed by atoms with Crippen LogP contribution in [0.1, 0.15) is 6.42 Å². The summed E-state index contributed by atoms with van der Waals surface area (Å²) in [6.07, 6.45) is 2.14. The molecule has 1 aromatic carbocycles. The standard InChI is InChI=1S/C13H17N3O3S/c1-19-11-3-4-12-10(9-11)5-7-16-13(12)15-6-2-8-20(14,17)18/h3-5,7,9H,2,6,8H2,1H3,(H,15,16)(H2,14,17,18). The van der Waals surface area contributed by atoms with Crippen LogP contribution in [0.15, 0.2) is 30.5 Å². The highest BCUT2D eigenvalue weighted by molar-refractivity contribution is 7.89. The summed E-state index contributed by atoms with van der Waals surface area (Å²) in [5.74, 6) is 1.46. The molecule has 2 rings (SSSR count). The van der Waals surface area contributed by atoms with Gasteiger partial charge in [0.1, 0.15) is 11.6 Å². The van der Waals surface area contributed by atoms with E-state index >= 15 is 0 Å². The lowest BCUT2D eigenvalue weighted by Gasteiger charge is -2.09. The van der Waals surface area contributed by atoms with E-state index in [2.05, 4.69) is 10.3 Å². The molecule has 1 aromatic heterocycles. The average molecular weight is 295 g/mol. The lowest BCUT2D eigenvalue weighted by atomic mass is 10.1. The minimum atomic E-state index is -3.41. The highest BCUT2D eigenvalue weighted by Crippen LogP contribution is 2.25. The van der Waals surface area contributed by atoms with Crippen LogP contribution in [-0.2, 0) is 10.0 Å². The second-order valence-electron chi connectivity index (χ2n) is 4.39. The van der Waals surface area contributed by atoms with Gasteiger partial charge in [-0.2, -0.15) is 0 Å². The molecule has 0 saturated heterocycles. The number of nitrogens with one attached hydrogen (secondary N) is 1. The summed E-state index contributed by atoms with van der Waals surface area (Å²) >= 11 is 0. The Kier molecular flexibility index (Phi) is 4.41. The zero-order valence-electron chi connectivity index (χ0n) is 11.2. The van der Waals surface area contributed by atoms with Gasteiger partial charge in [-0.05, 0) is 36.1 Å². The van der Waals surface area contributed by atoms with Crippen LogP contribution in [0.3, 0.4) is 0 Å². The van der Waals surface area contributed by atoms with Gasteiger partial charge in [0.15, 0.2) is 0 Å². The van der Waals surface area contributed by atoms with E-state index in [-0.39, 0.29) is 5.75 Å². The fraction of sp³-hybridized carbons (Fsp3) is 0.308. The van der Waals surface area contributed by atoms with Gasteiger partial charge in [-0.15, -0.1) is 0 Å². The molecule has 0 bridgehead atoms. The molecule has 20 heavy (non-hydrogen) atoms. The summed E-state index contributed by atoms with van der Waals surface area (Å²) in [5.41, 5.74) is 0. The Bertz CT molecular complexity index is 701. The van der Waals surface area contributed by atoms with Crippen molar-refractivity contribution >= 4 is 26.6 Å². The maximum absolute atomic E-state index is 10.8. The van der Waals surface area contributed by atoms with Crippen LogP contribution in [0, 0.1) is 0 Å². The van der Waals surface area contributed by atoms with Crippen molar-refractivity contribution in [2.45, 2.75) is 6.42 Å². The number of hydrogen-bond donors (Lipinski definition) is 2. The van der Waals surface area contributed by atoms with Crippen molar-refractivity contribution in [2.75, 3.05) is 24.7 Å². The van der Waals surface area contributed by atoms with E-state index in [1.54, 1.807) is 13.3 Å². The minimum Gasteiger partial charge on any atom is -0.497 e. The van der Waals surface area contributed by atoms with Gasteiger partial charge in [-0.3, -0.25) is 0 Å². The Hall–Kier alpha value is -1.86. The summed E-state index contributed by atoms with van der Waals surface area (Å²) in [6, 6.07) is 7.60. The van der Waals surface area contributed by atoms with Crippen molar-refractivity contribution in [3.63, 3.8) is 0 Å². The number of benzene rings is 1. The van der Waals surface area contributed by atoms with Gasteiger partial charge >= 0.3 is 0 Å². The van der Waals surface area contributed by atoms with Crippen LogP contribution in [0.5, 0.6) is 5.75 Å². The molecule has 0 spiro atoms. The Morgan fingerprint density at radius 1 is 1.35 bits per heavy atom. The second-order valence-corrected chi connectivity index (χ2v) is 6.13. The van der Waals surface area contributed by atoms with E-state index in [4.69, 9.17) is 9.88 Å². The maximum atomic E-state index is 10.8. The van der Waals surface area contributed by atoms with Crippen molar-refractivity contribution in [2.24, 2.45) is 5.14 Å². The predicted octanol–water partition coefficient (Wildman–Crippen LogP) is 1.33. The Morgan fingerprint density at radius 2 is 2.15 bits per heavy atom. The average Bonchev–Trinajstić information content (AvgIpc) is 2.42. The zero-order valence-corrected chi connectivity index (χ0v) is 12.0. The van der Waals surface area contributed by atoms with Crippen LogP contribution < -0.4 is 15.2 Å². The van der Waals surface area contributed by atoms with Crippen LogP contribution in [-0.4, -0.2) is 32.8 Å². The number of rotatable bonds is 6. The summed E-state index contributed by atoms with van der Waals surface area (Å²) in [4.78, 5) is 4.26. The zero-order chi connectivity index (χ0) is 14.6. The molecule has 7 heteroatoms. The molecule has 3 N–H and O–H groups in total. The molecule has 0 aliphatic heterocycles. The molecular formula is C13H17N3O3S. The SMILES string of the molecule is COc1ccc2c(NCCCS(N)(=O)=O)nccc2c1. The van der Waals surface area contributed by atoms with Gasteiger partial charge in [-0.1, -0.05) is 0 Å². The molecule has 2 aromatic rings. The summed E-state index contributed by atoms with van der Waals surface area (Å²) < 4.78 is 26.9. The summed E-state index contributed by atoms with van der Waals surface area (Å²) in [6.45, 7) is 0.495. The Morgan fingerprint density at radius 3 is 2.85 bits per heavy atom. The molecule has 0 amide bonds. The number of aromatic nitrogens is 1. The quantitative estimate of drug-likeness (QED) is 0.784. The van der Waals surface area contributed by atoms with Gasteiger partial charge in [0.25, 0.3) is 0 Å². The molecule has 0 atom stereocenters. The molecule has 0 fully saturated rings. The first-order chi connectivity index (χ1) is 9.49. The van der Waals surface area contributed by atoms with Crippen LogP contribution in [0.25, 0.3) is 10.8 Å². The number of nitrogens with zero attached hydrogens (tertiary/aromatic N) is 1. The van der Waals surface area contributed by atoms with E-state index in [1.807, 2.05) is 24.3 Å². The third-order valence-corrected chi connectivity index (χ3v) is 3.73. The third-order valence-electron chi connectivity index (χ3n) is 2.87. The molecule has 6 nitrogen and oxygen atoms in total. The molecule has 108 valence electrons. The molecule has 0 radical (unpaired) electrons. The molecule has 0 aliphatic carbocycles. The van der Waals surface area contributed by atoms with E-state index in [1.165, 1.54) is 0 Å². The maximum Gasteiger partial charge on any atom is 0.209 e. The minimum absolute atomic E-state index is 0.0431. The molecule has 0 aliphatic rings. The van der Waals surface area contributed by atoms with Crippen molar-refractivity contribution in [1.29, 1.82) is 0 Å². The number of nitrogens with two attached hydrogens (primary N) is 1. The first-order valence-electron chi connectivity index (χ1n) is 6.17. The second kappa shape index (κ2) is 6.06. The summed E-state index contributed by atoms with van der Waals surface area (Å²) in [7, 11) is -1.79. The van der Waals surface area contributed by atoms with Gasteiger partial charge in [0.2, 0.25) is 10.0 Å². The monoisotopic (exact) mass is 295 g/mol. The number of primary sulfonamides is 1. The largest absolute Gasteiger partial charge is 0.497 e. The molecule has 0 saturated carbocycles. The van der Waals surface area contributed by atoms with E-state index in [0.29, 0.717) is 13.0 Å². The number of anilines is 1. The van der Waals surface area contributed by atoms with Crippen molar-refractivity contribution in [3.05, 3.63) is 30.5 Å². The Labute approximate surface area is 118 Å². The first-order valence-corrected chi connectivity index (χ1v) is 7.88. The summed E-state index contributed by atoms with van der Waals surface area (Å²) in [5, 5.41) is 10.0. The number of fused-ring (bicyclic) bond motifs is 1. The predicted molar refractivity (Wildman–Crippen MR) is 79.4 cm³/mol. The van der Waals surface area contributed by atoms with Crippen molar-refractivity contribution in [3.8, 4) is 5.75 Å². The third kappa shape index (κ3) is 3.82. The van der Waals surface area contributed by atoms with Crippen molar-refractivity contribution in [1.82, 2.24) is 4.98 Å². The highest BCUT2D eigenvalue weighted by atomic mass is 32.2. The van der Waals surface area contributed by atoms with Crippen LogP contribution in [0.2, 0.25) is 0 Å². The number of ether oxygens (including phenoxy) is 1. The lowest BCUT2D eigenvalue weighted by Crippen LogP contribution is -2.18. The first kappa shape index (κ1) is 14.5. The fourth-order valence-corrected chi connectivity index (χ4v) is 2.45. The topological polar surface area (TPSA) is 94.3 Å².